The van der Waals surface area contributed by atoms with Gasteiger partial charge in [-0.3, -0.25) is 0 Å². The molecule has 0 spiro atoms. The minimum Gasteiger partial charge on any atom is -0.371 e. The van der Waals surface area contributed by atoms with Gasteiger partial charge in [0.15, 0.2) is 0 Å². The van der Waals surface area contributed by atoms with Crippen LogP contribution in [-0.2, 0) is 6.54 Å². The molecule has 1 aromatic rings. The zero-order chi connectivity index (χ0) is 14.7. The van der Waals surface area contributed by atoms with Crippen LogP contribution in [0.5, 0.6) is 0 Å². The molecule has 0 radical (unpaired) electrons. The van der Waals surface area contributed by atoms with Crippen LogP contribution in [0.4, 0.5) is 5.69 Å². The summed E-state index contributed by atoms with van der Waals surface area (Å²) in [5.41, 5.74) is 2.80. The van der Waals surface area contributed by atoms with E-state index in [0.717, 1.165) is 18.4 Å². The third kappa shape index (κ3) is 4.23. The van der Waals surface area contributed by atoms with Gasteiger partial charge in [0.05, 0.1) is 0 Å². The maximum absolute atomic E-state index is 3.63. The largest absolute Gasteiger partial charge is 0.371 e. The van der Waals surface area contributed by atoms with Gasteiger partial charge in [-0.25, -0.2) is 0 Å². The molecule has 0 saturated carbocycles. The van der Waals surface area contributed by atoms with E-state index >= 15 is 0 Å². The van der Waals surface area contributed by atoms with Crippen molar-refractivity contribution in [2.75, 3.05) is 18.0 Å². The molecule has 2 atom stereocenters. The van der Waals surface area contributed by atoms with Crippen LogP contribution in [0.3, 0.4) is 0 Å². The van der Waals surface area contributed by atoms with Crippen LogP contribution in [-0.4, -0.2) is 19.1 Å². The number of benzene rings is 1. The Bertz CT molecular complexity index is 435. The van der Waals surface area contributed by atoms with E-state index in [2.05, 4.69) is 72.0 Å². The summed E-state index contributed by atoms with van der Waals surface area (Å²) >= 11 is 3.63. The normalized spacial score (nSPS) is 23.4. The van der Waals surface area contributed by atoms with Gasteiger partial charge in [-0.15, -0.1) is 0 Å². The molecule has 1 N–H and O–H groups in total. The maximum Gasteiger partial charge on any atom is 0.0423 e. The predicted octanol–water partition coefficient (Wildman–Crippen LogP) is 4.43. The van der Waals surface area contributed by atoms with E-state index in [1.165, 1.54) is 35.2 Å². The Morgan fingerprint density at radius 3 is 2.50 bits per heavy atom. The Morgan fingerprint density at radius 2 is 1.90 bits per heavy atom. The summed E-state index contributed by atoms with van der Waals surface area (Å²) in [6.07, 6.45) is 1.35. The van der Waals surface area contributed by atoms with Crippen molar-refractivity contribution in [1.29, 1.82) is 0 Å². The number of hydrogen-bond acceptors (Lipinski definition) is 2. The first-order valence-corrected chi connectivity index (χ1v) is 8.51. The highest BCUT2D eigenvalue weighted by Gasteiger charge is 2.23. The molecule has 2 unspecified atom stereocenters. The van der Waals surface area contributed by atoms with Gasteiger partial charge < -0.3 is 10.2 Å². The van der Waals surface area contributed by atoms with Gasteiger partial charge in [-0.05, 0) is 36.0 Å². The van der Waals surface area contributed by atoms with Crippen LogP contribution in [0.1, 0.15) is 39.7 Å². The molecule has 0 aromatic heterocycles. The van der Waals surface area contributed by atoms with E-state index in [9.17, 15) is 0 Å². The number of nitrogens with zero attached hydrogens (tertiary/aromatic N) is 1. The molecule has 0 aliphatic carbocycles. The number of nitrogens with one attached hydrogen (secondary N) is 1. The quantitative estimate of drug-likeness (QED) is 0.873. The lowest BCUT2D eigenvalue weighted by molar-refractivity contribution is 0.356. The molecular weight excluding hydrogens is 312 g/mol. The molecule has 3 heteroatoms. The van der Waals surface area contributed by atoms with Gasteiger partial charge in [0, 0.05) is 35.8 Å². The van der Waals surface area contributed by atoms with E-state index in [0.29, 0.717) is 6.04 Å². The standard InChI is InChI=1S/C17H27BrN2/c1-12(2)19-9-15-5-6-16(18)8-17(15)20-10-13(3)7-14(4)11-20/h5-6,8,12-14,19H,7,9-11H2,1-4H3. The van der Waals surface area contributed by atoms with Crippen molar-refractivity contribution in [3.05, 3.63) is 28.2 Å². The lowest BCUT2D eigenvalue weighted by Gasteiger charge is -2.38. The summed E-state index contributed by atoms with van der Waals surface area (Å²) in [6, 6.07) is 7.20. The monoisotopic (exact) mass is 338 g/mol. The van der Waals surface area contributed by atoms with Crippen molar-refractivity contribution in [2.45, 2.75) is 46.7 Å². The van der Waals surface area contributed by atoms with Gasteiger partial charge in [-0.2, -0.15) is 0 Å². The minimum atomic E-state index is 0.519. The average Bonchev–Trinajstić information content (AvgIpc) is 2.36. The van der Waals surface area contributed by atoms with Crippen LogP contribution < -0.4 is 10.2 Å². The summed E-state index contributed by atoms with van der Waals surface area (Å²) in [4.78, 5) is 2.57. The second-order valence-electron chi connectivity index (χ2n) is 6.66. The van der Waals surface area contributed by atoms with Crippen molar-refractivity contribution in [3.8, 4) is 0 Å². The summed E-state index contributed by atoms with van der Waals surface area (Å²) in [7, 11) is 0. The Balaban J connectivity index is 2.21. The first-order chi connectivity index (χ1) is 9.45. The molecule has 2 rings (SSSR count). The number of rotatable bonds is 4. The van der Waals surface area contributed by atoms with E-state index in [1.807, 2.05) is 0 Å². The zero-order valence-electron chi connectivity index (χ0n) is 13.1. The molecule has 1 aliphatic rings. The van der Waals surface area contributed by atoms with E-state index in [4.69, 9.17) is 0 Å². The van der Waals surface area contributed by atoms with Gasteiger partial charge in [0.1, 0.15) is 0 Å². The molecule has 1 aromatic carbocycles. The highest BCUT2D eigenvalue weighted by molar-refractivity contribution is 9.10. The first-order valence-electron chi connectivity index (χ1n) is 7.72. The molecule has 0 amide bonds. The van der Waals surface area contributed by atoms with Crippen LogP contribution in [0.25, 0.3) is 0 Å². The number of anilines is 1. The molecule has 20 heavy (non-hydrogen) atoms. The molecular formula is C17H27BrN2. The molecule has 1 fully saturated rings. The summed E-state index contributed by atoms with van der Waals surface area (Å²) in [5, 5.41) is 3.54. The minimum absolute atomic E-state index is 0.519. The van der Waals surface area contributed by atoms with Crippen LogP contribution in [0, 0.1) is 11.8 Å². The summed E-state index contributed by atoms with van der Waals surface area (Å²) < 4.78 is 1.17. The van der Waals surface area contributed by atoms with Crippen molar-refractivity contribution < 1.29 is 0 Å². The first kappa shape index (κ1) is 15.8. The zero-order valence-corrected chi connectivity index (χ0v) is 14.7. The fraction of sp³-hybridized carbons (Fsp3) is 0.647. The number of hydrogen-bond donors (Lipinski definition) is 1. The fourth-order valence-corrected chi connectivity index (χ4v) is 3.50. The van der Waals surface area contributed by atoms with E-state index < -0.39 is 0 Å². The highest BCUT2D eigenvalue weighted by atomic mass is 79.9. The van der Waals surface area contributed by atoms with Gasteiger partial charge in [0.2, 0.25) is 0 Å². The SMILES string of the molecule is CC1CC(C)CN(c2cc(Br)ccc2CNC(C)C)C1. The third-order valence-electron chi connectivity index (χ3n) is 3.96. The summed E-state index contributed by atoms with van der Waals surface area (Å²) in [6.45, 7) is 12.4. The van der Waals surface area contributed by atoms with E-state index in [-0.39, 0.29) is 0 Å². The molecule has 0 bridgehead atoms. The number of halogens is 1. The molecule has 2 nitrogen and oxygen atoms in total. The highest BCUT2D eigenvalue weighted by Crippen LogP contribution is 2.31. The Kier molecular flexibility index (Phi) is 5.50. The van der Waals surface area contributed by atoms with Gasteiger partial charge in [0.25, 0.3) is 0 Å². The maximum atomic E-state index is 3.63. The Hall–Kier alpha value is -0.540. The Labute approximate surface area is 132 Å². The van der Waals surface area contributed by atoms with Crippen LogP contribution in [0.15, 0.2) is 22.7 Å². The lowest BCUT2D eigenvalue weighted by atomic mass is 9.91. The fourth-order valence-electron chi connectivity index (χ4n) is 3.15. The Morgan fingerprint density at radius 1 is 1.25 bits per heavy atom. The van der Waals surface area contributed by atoms with Gasteiger partial charge >= 0.3 is 0 Å². The molecule has 1 saturated heterocycles. The van der Waals surface area contributed by atoms with Gasteiger partial charge in [-0.1, -0.05) is 49.7 Å². The predicted molar refractivity (Wildman–Crippen MR) is 91.3 cm³/mol. The van der Waals surface area contributed by atoms with E-state index in [1.54, 1.807) is 0 Å². The smallest absolute Gasteiger partial charge is 0.0423 e. The molecule has 112 valence electrons. The van der Waals surface area contributed by atoms with Crippen LogP contribution >= 0.6 is 15.9 Å². The molecule has 1 heterocycles. The van der Waals surface area contributed by atoms with Crippen molar-refractivity contribution in [3.63, 3.8) is 0 Å². The second-order valence-corrected chi connectivity index (χ2v) is 7.58. The number of piperidine rings is 1. The second kappa shape index (κ2) is 6.95. The van der Waals surface area contributed by atoms with Crippen molar-refractivity contribution >= 4 is 21.6 Å². The molecule has 1 aliphatic heterocycles. The van der Waals surface area contributed by atoms with Crippen LogP contribution in [0.2, 0.25) is 0 Å². The van der Waals surface area contributed by atoms with Crippen molar-refractivity contribution in [1.82, 2.24) is 5.32 Å². The average molecular weight is 339 g/mol. The lowest BCUT2D eigenvalue weighted by Crippen LogP contribution is -2.39. The summed E-state index contributed by atoms with van der Waals surface area (Å²) in [5.74, 6) is 1.56. The topological polar surface area (TPSA) is 15.3 Å². The third-order valence-corrected chi connectivity index (χ3v) is 4.45. The van der Waals surface area contributed by atoms with Crippen molar-refractivity contribution in [2.24, 2.45) is 11.8 Å².